The first-order chi connectivity index (χ1) is 9.65. The van der Waals surface area contributed by atoms with Crippen molar-refractivity contribution in [2.75, 3.05) is 17.6 Å². The summed E-state index contributed by atoms with van der Waals surface area (Å²) in [5.74, 6) is 0.313. The van der Waals surface area contributed by atoms with Crippen LogP contribution in [0.15, 0.2) is 59.5 Å². The molecule has 1 heterocycles. The minimum absolute atomic E-state index is 0.120. The van der Waals surface area contributed by atoms with Gasteiger partial charge in [0, 0.05) is 12.2 Å². The van der Waals surface area contributed by atoms with Crippen molar-refractivity contribution in [3.63, 3.8) is 0 Å². The van der Waals surface area contributed by atoms with Crippen molar-refractivity contribution in [1.29, 1.82) is 0 Å². The molecule has 1 unspecified atom stereocenters. The highest BCUT2D eigenvalue weighted by molar-refractivity contribution is 7.91. The van der Waals surface area contributed by atoms with E-state index in [0.29, 0.717) is 11.4 Å². The van der Waals surface area contributed by atoms with E-state index in [9.17, 15) is 8.42 Å². The number of benzene rings is 2. The summed E-state index contributed by atoms with van der Waals surface area (Å²) in [6.45, 7) is 0.711. The average molecular weight is 287 g/mol. The Bertz CT molecular complexity index is 695. The van der Waals surface area contributed by atoms with E-state index in [4.69, 9.17) is 0 Å². The second kappa shape index (κ2) is 5.29. The van der Waals surface area contributed by atoms with E-state index in [1.165, 1.54) is 5.56 Å². The third-order valence-electron chi connectivity index (χ3n) is 3.66. The molecule has 0 aromatic heterocycles. The summed E-state index contributed by atoms with van der Waals surface area (Å²) in [6.07, 6.45) is 0.815. The first kappa shape index (κ1) is 13.2. The van der Waals surface area contributed by atoms with E-state index < -0.39 is 9.84 Å². The predicted octanol–water partition coefficient (Wildman–Crippen LogP) is 2.74. The zero-order valence-electron chi connectivity index (χ0n) is 11.1. The summed E-state index contributed by atoms with van der Waals surface area (Å²) in [5.41, 5.74) is 2.33. The summed E-state index contributed by atoms with van der Waals surface area (Å²) >= 11 is 0. The number of hydrogen-bond donors (Lipinski definition) is 1. The van der Waals surface area contributed by atoms with Crippen molar-refractivity contribution >= 4 is 15.5 Å². The van der Waals surface area contributed by atoms with Crippen molar-refractivity contribution in [2.24, 2.45) is 5.92 Å². The Morgan fingerprint density at radius 1 is 1.00 bits per heavy atom. The fourth-order valence-electron chi connectivity index (χ4n) is 2.66. The third-order valence-corrected chi connectivity index (χ3v) is 5.57. The molecule has 1 atom stereocenters. The quantitative estimate of drug-likeness (QED) is 0.944. The molecule has 4 heteroatoms. The minimum atomic E-state index is -3.20. The van der Waals surface area contributed by atoms with Gasteiger partial charge in [-0.25, -0.2) is 8.42 Å². The van der Waals surface area contributed by atoms with Gasteiger partial charge in [-0.2, -0.15) is 0 Å². The number of sulfone groups is 1. The van der Waals surface area contributed by atoms with Crippen molar-refractivity contribution in [3.05, 3.63) is 60.2 Å². The Morgan fingerprint density at radius 2 is 1.70 bits per heavy atom. The molecule has 2 aromatic carbocycles. The summed E-state index contributed by atoms with van der Waals surface area (Å²) < 4.78 is 24.8. The van der Waals surface area contributed by atoms with Crippen LogP contribution in [0.5, 0.6) is 0 Å². The van der Waals surface area contributed by atoms with Gasteiger partial charge < -0.3 is 5.32 Å². The lowest BCUT2D eigenvalue weighted by Gasteiger charge is -2.25. The molecule has 3 rings (SSSR count). The number of para-hydroxylation sites is 1. The highest BCUT2D eigenvalue weighted by atomic mass is 32.2. The van der Waals surface area contributed by atoms with Crippen LogP contribution >= 0.6 is 0 Å². The molecule has 0 bridgehead atoms. The van der Waals surface area contributed by atoms with E-state index in [2.05, 4.69) is 11.4 Å². The van der Waals surface area contributed by atoms with Crippen LogP contribution in [-0.4, -0.2) is 20.7 Å². The minimum Gasteiger partial charge on any atom is -0.384 e. The summed E-state index contributed by atoms with van der Waals surface area (Å²) in [7, 11) is -3.20. The van der Waals surface area contributed by atoms with Crippen molar-refractivity contribution in [3.8, 4) is 0 Å². The van der Waals surface area contributed by atoms with Gasteiger partial charge in [0.25, 0.3) is 0 Å². The van der Waals surface area contributed by atoms with E-state index in [-0.39, 0.29) is 11.7 Å². The predicted molar refractivity (Wildman–Crippen MR) is 80.6 cm³/mol. The SMILES string of the molecule is O=S(=O)(CC1CNc2ccccc2C1)c1ccccc1. The number of anilines is 1. The standard InChI is InChI=1S/C16H17NO2S/c18-20(19,15-7-2-1-3-8-15)12-13-10-14-6-4-5-9-16(14)17-11-13/h1-9,13,17H,10-12H2. The van der Waals surface area contributed by atoms with Gasteiger partial charge in [0.2, 0.25) is 0 Å². The fraction of sp³-hybridized carbons (Fsp3) is 0.250. The smallest absolute Gasteiger partial charge is 0.178 e. The van der Waals surface area contributed by atoms with Gasteiger partial charge in [0.15, 0.2) is 9.84 Å². The van der Waals surface area contributed by atoms with Crippen LogP contribution in [0.1, 0.15) is 5.56 Å². The van der Waals surface area contributed by atoms with Crippen LogP contribution in [0, 0.1) is 5.92 Å². The topological polar surface area (TPSA) is 46.2 Å². The second-order valence-electron chi connectivity index (χ2n) is 5.20. The number of nitrogens with one attached hydrogen (secondary N) is 1. The van der Waals surface area contributed by atoms with E-state index in [1.54, 1.807) is 24.3 Å². The molecule has 1 aliphatic rings. The maximum Gasteiger partial charge on any atom is 0.178 e. The van der Waals surface area contributed by atoms with Crippen LogP contribution in [0.4, 0.5) is 5.69 Å². The molecule has 0 aliphatic carbocycles. The highest BCUT2D eigenvalue weighted by Gasteiger charge is 2.24. The molecule has 0 radical (unpaired) electrons. The molecule has 0 spiro atoms. The van der Waals surface area contributed by atoms with Gasteiger partial charge in [-0.3, -0.25) is 0 Å². The number of rotatable bonds is 3. The molecular formula is C16H17NO2S. The van der Waals surface area contributed by atoms with Gasteiger partial charge in [-0.15, -0.1) is 0 Å². The lowest BCUT2D eigenvalue weighted by atomic mass is 9.95. The van der Waals surface area contributed by atoms with E-state index in [1.807, 2.05) is 24.3 Å². The molecule has 3 nitrogen and oxygen atoms in total. The average Bonchev–Trinajstić information content (AvgIpc) is 2.48. The van der Waals surface area contributed by atoms with Crippen LogP contribution < -0.4 is 5.32 Å². The molecule has 2 aromatic rings. The van der Waals surface area contributed by atoms with E-state index >= 15 is 0 Å². The van der Waals surface area contributed by atoms with Crippen LogP contribution in [0.2, 0.25) is 0 Å². The molecule has 20 heavy (non-hydrogen) atoms. The largest absolute Gasteiger partial charge is 0.384 e. The molecule has 0 saturated heterocycles. The molecule has 1 aliphatic heterocycles. The first-order valence-corrected chi connectivity index (χ1v) is 8.40. The zero-order valence-corrected chi connectivity index (χ0v) is 11.9. The molecule has 0 saturated carbocycles. The highest BCUT2D eigenvalue weighted by Crippen LogP contribution is 2.26. The van der Waals surface area contributed by atoms with Crippen molar-refractivity contribution in [2.45, 2.75) is 11.3 Å². The van der Waals surface area contributed by atoms with Gasteiger partial charge in [-0.05, 0) is 36.1 Å². The molecule has 0 amide bonds. The van der Waals surface area contributed by atoms with Crippen LogP contribution in [0.25, 0.3) is 0 Å². The molecule has 104 valence electrons. The van der Waals surface area contributed by atoms with Crippen LogP contribution in [0.3, 0.4) is 0 Å². The van der Waals surface area contributed by atoms with Crippen molar-refractivity contribution < 1.29 is 8.42 Å². The maximum atomic E-state index is 12.4. The second-order valence-corrected chi connectivity index (χ2v) is 7.24. The Kier molecular flexibility index (Phi) is 3.49. The summed E-state index contributed by atoms with van der Waals surface area (Å²) in [5, 5.41) is 3.32. The molecule has 0 fully saturated rings. The van der Waals surface area contributed by atoms with Gasteiger partial charge in [0.1, 0.15) is 0 Å². The Hall–Kier alpha value is -1.81. The Balaban J connectivity index is 1.77. The fourth-order valence-corrected chi connectivity index (χ4v) is 4.28. The summed E-state index contributed by atoms with van der Waals surface area (Å²) in [6, 6.07) is 16.8. The maximum absolute atomic E-state index is 12.4. The normalized spacial score (nSPS) is 18.1. The number of hydrogen-bond acceptors (Lipinski definition) is 3. The van der Waals surface area contributed by atoms with Crippen molar-refractivity contribution in [1.82, 2.24) is 0 Å². The Labute approximate surface area is 119 Å². The molecular weight excluding hydrogens is 270 g/mol. The van der Waals surface area contributed by atoms with Gasteiger partial charge in [0.05, 0.1) is 10.6 Å². The lowest BCUT2D eigenvalue weighted by molar-refractivity contribution is 0.553. The zero-order chi connectivity index (χ0) is 14.0. The lowest BCUT2D eigenvalue weighted by Crippen LogP contribution is -2.29. The van der Waals surface area contributed by atoms with Gasteiger partial charge >= 0.3 is 0 Å². The first-order valence-electron chi connectivity index (χ1n) is 6.75. The summed E-state index contributed by atoms with van der Waals surface area (Å²) in [4.78, 5) is 0.416. The molecule has 1 N–H and O–H groups in total. The monoisotopic (exact) mass is 287 g/mol. The van der Waals surface area contributed by atoms with Crippen LogP contribution in [-0.2, 0) is 16.3 Å². The van der Waals surface area contributed by atoms with E-state index in [0.717, 1.165) is 12.1 Å². The Morgan fingerprint density at radius 3 is 2.50 bits per heavy atom. The number of fused-ring (bicyclic) bond motifs is 1. The van der Waals surface area contributed by atoms with Gasteiger partial charge in [-0.1, -0.05) is 36.4 Å². The third kappa shape index (κ3) is 2.70.